The molecule has 1 aromatic carbocycles. The molecule has 154 valence electrons. The number of thioether (sulfide) groups is 1. The smallest absolute Gasteiger partial charge is 0.277 e. The second kappa shape index (κ2) is 8.84. The summed E-state index contributed by atoms with van der Waals surface area (Å²) < 4.78 is 5.77. The van der Waals surface area contributed by atoms with E-state index in [0.29, 0.717) is 32.7 Å². The van der Waals surface area contributed by atoms with Gasteiger partial charge in [-0.15, -0.1) is 32.9 Å². The fourth-order valence-corrected chi connectivity index (χ4v) is 5.41. The van der Waals surface area contributed by atoms with Crippen molar-refractivity contribution in [2.75, 3.05) is 4.90 Å². The first-order chi connectivity index (χ1) is 14.4. The third kappa shape index (κ3) is 4.56. The monoisotopic (exact) mass is 477 g/mol. The second-order valence-electron chi connectivity index (χ2n) is 6.26. The Labute approximate surface area is 190 Å². The summed E-state index contributed by atoms with van der Waals surface area (Å²) >= 11 is 10.4. The first-order valence-electron chi connectivity index (χ1n) is 8.82. The van der Waals surface area contributed by atoms with Crippen LogP contribution in [0.3, 0.4) is 0 Å². The van der Waals surface area contributed by atoms with Gasteiger partial charge in [-0.2, -0.15) is 0 Å². The van der Waals surface area contributed by atoms with Gasteiger partial charge >= 0.3 is 0 Å². The molecule has 0 fully saturated rings. The number of thiazole rings is 2. The summed E-state index contributed by atoms with van der Waals surface area (Å²) in [6, 6.07) is 7.13. The van der Waals surface area contributed by atoms with Crippen molar-refractivity contribution < 1.29 is 9.21 Å². The molecule has 0 aliphatic carbocycles. The number of anilines is 2. The van der Waals surface area contributed by atoms with E-state index in [1.165, 1.54) is 41.4 Å². The van der Waals surface area contributed by atoms with E-state index in [-0.39, 0.29) is 5.91 Å². The van der Waals surface area contributed by atoms with Crippen molar-refractivity contribution in [2.24, 2.45) is 0 Å². The van der Waals surface area contributed by atoms with Crippen molar-refractivity contribution in [1.82, 2.24) is 20.2 Å². The molecule has 0 unspecified atom stereocenters. The van der Waals surface area contributed by atoms with Crippen LogP contribution in [0.2, 0.25) is 5.02 Å². The molecule has 0 aliphatic heterocycles. The minimum absolute atomic E-state index is 0.136. The number of benzene rings is 1. The fraction of sp³-hybridized carbons (Fsp3) is 0.211. The number of carbonyl (C=O) groups is 1. The molecule has 0 spiro atoms. The Morgan fingerprint density at radius 3 is 2.80 bits per heavy atom. The van der Waals surface area contributed by atoms with Crippen molar-refractivity contribution in [3.05, 3.63) is 51.1 Å². The van der Waals surface area contributed by atoms with Crippen molar-refractivity contribution in [1.29, 1.82) is 0 Å². The molecule has 0 saturated heterocycles. The third-order valence-electron chi connectivity index (χ3n) is 3.96. The lowest BCUT2D eigenvalue weighted by Gasteiger charge is -2.18. The number of halogens is 1. The zero-order chi connectivity index (χ0) is 21.3. The average molecular weight is 478 g/mol. The summed E-state index contributed by atoms with van der Waals surface area (Å²) in [6.45, 7) is 5.37. The summed E-state index contributed by atoms with van der Waals surface area (Å²) in [5.41, 5.74) is 2.38. The summed E-state index contributed by atoms with van der Waals surface area (Å²) in [4.78, 5) is 23.6. The van der Waals surface area contributed by atoms with Crippen molar-refractivity contribution >= 4 is 62.8 Å². The van der Waals surface area contributed by atoms with Crippen LogP contribution in [0.15, 0.2) is 39.3 Å². The van der Waals surface area contributed by atoms with Crippen molar-refractivity contribution in [2.45, 2.75) is 31.7 Å². The van der Waals surface area contributed by atoms with E-state index >= 15 is 0 Å². The zero-order valence-corrected chi connectivity index (χ0v) is 19.5. The van der Waals surface area contributed by atoms with Crippen LogP contribution in [0.4, 0.5) is 10.8 Å². The van der Waals surface area contributed by atoms with E-state index in [0.717, 1.165) is 21.3 Å². The zero-order valence-electron chi connectivity index (χ0n) is 16.2. The highest BCUT2D eigenvalue weighted by atomic mass is 35.5. The molecule has 0 aliphatic rings. The molecular formula is C19H16ClN5O2S3. The van der Waals surface area contributed by atoms with Gasteiger partial charge in [0.25, 0.3) is 11.1 Å². The van der Waals surface area contributed by atoms with Gasteiger partial charge in [-0.1, -0.05) is 29.4 Å². The predicted molar refractivity (Wildman–Crippen MR) is 121 cm³/mol. The lowest BCUT2D eigenvalue weighted by molar-refractivity contribution is -0.115. The van der Waals surface area contributed by atoms with Gasteiger partial charge in [0.05, 0.1) is 22.1 Å². The van der Waals surface area contributed by atoms with Crippen LogP contribution >= 0.6 is 46.0 Å². The summed E-state index contributed by atoms with van der Waals surface area (Å²) in [7, 11) is 0. The summed E-state index contributed by atoms with van der Waals surface area (Å²) in [5.74, 6) is 0.881. The number of aromatic nitrogens is 4. The molecule has 0 atom stereocenters. The van der Waals surface area contributed by atoms with E-state index in [1.54, 1.807) is 23.1 Å². The van der Waals surface area contributed by atoms with Gasteiger partial charge in [0.15, 0.2) is 5.13 Å². The molecule has 1 amide bonds. The van der Waals surface area contributed by atoms with E-state index in [4.69, 9.17) is 16.0 Å². The van der Waals surface area contributed by atoms with Crippen LogP contribution in [0.5, 0.6) is 0 Å². The minimum Gasteiger partial charge on any atom is -0.410 e. The van der Waals surface area contributed by atoms with Gasteiger partial charge < -0.3 is 4.42 Å². The normalized spacial score (nSPS) is 11.1. The van der Waals surface area contributed by atoms with Gasteiger partial charge in [-0.3, -0.25) is 9.69 Å². The molecule has 30 heavy (non-hydrogen) atoms. The Hall–Kier alpha value is -2.27. The largest absolute Gasteiger partial charge is 0.410 e. The molecule has 4 rings (SSSR count). The minimum atomic E-state index is -0.136. The first kappa shape index (κ1) is 21.0. The molecule has 3 aromatic heterocycles. The Morgan fingerprint density at radius 1 is 1.27 bits per heavy atom. The number of carbonyl (C=O) groups excluding carboxylic acids is 1. The standard InChI is InChI=1S/C19H16ClN5O2S3/c1-10-16(30-11(2)21-10)17-23-24-19(27-17)29-9-14-8-28-18(22-14)25(12(3)26)15-6-4-5-13(20)7-15/h4-8H,9H2,1-3H3. The SMILES string of the molecule is CC(=O)N(c1cccc(Cl)c1)c1nc(CSc2nnc(-c3sc(C)nc3C)o2)cs1. The highest BCUT2D eigenvalue weighted by Gasteiger charge is 2.19. The molecule has 4 aromatic rings. The van der Waals surface area contributed by atoms with E-state index in [1.807, 2.05) is 25.3 Å². The third-order valence-corrected chi connectivity index (χ3v) is 6.98. The Kier molecular flexibility index (Phi) is 6.19. The number of amides is 1. The quantitative estimate of drug-likeness (QED) is 0.320. The highest BCUT2D eigenvalue weighted by molar-refractivity contribution is 7.98. The number of hydrogen-bond donors (Lipinski definition) is 0. The van der Waals surface area contributed by atoms with Crippen molar-refractivity contribution in [3.63, 3.8) is 0 Å². The average Bonchev–Trinajstić information content (AvgIpc) is 3.40. The van der Waals surface area contributed by atoms with Gasteiger partial charge in [-0.05, 0) is 32.0 Å². The van der Waals surface area contributed by atoms with E-state index < -0.39 is 0 Å². The number of rotatable bonds is 6. The van der Waals surface area contributed by atoms with Crippen LogP contribution in [-0.2, 0) is 10.5 Å². The Bertz CT molecular complexity index is 1200. The Balaban J connectivity index is 1.47. The first-order valence-corrected chi connectivity index (χ1v) is 11.9. The topological polar surface area (TPSA) is 85.0 Å². The molecule has 0 saturated carbocycles. The highest BCUT2D eigenvalue weighted by Crippen LogP contribution is 2.34. The second-order valence-corrected chi connectivity index (χ2v) is 9.67. The number of nitrogens with zero attached hydrogens (tertiary/aromatic N) is 5. The van der Waals surface area contributed by atoms with Gasteiger partial charge in [0.1, 0.15) is 4.88 Å². The maximum Gasteiger partial charge on any atom is 0.277 e. The van der Waals surface area contributed by atoms with Crippen LogP contribution in [-0.4, -0.2) is 26.1 Å². The fourth-order valence-electron chi connectivity index (χ4n) is 2.73. The van der Waals surface area contributed by atoms with Crippen molar-refractivity contribution in [3.8, 4) is 10.8 Å². The molecule has 3 heterocycles. The Morgan fingerprint density at radius 2 is 2.10 bits per heavy atom. The predicted octanol–water partition coefficient (Wildman–Crippen LogP) is 5.90. The maximum atomic E-state index is 12.2. The van der Waals surface area contributed by atoms with Gasteiger partial charge in [0, 0.05) is 23.1 Å². The maximum absolute atomic E-state index is 12.2. The van der Waals surface area contributed by atoms with Crippen LogP contribution in [0.25, 0.3) is 10.8 Å². The molecule has 0 radical (unpaired) electrons. The van der Waals surface area contributed by atoms with Crippen LogP contribution < -0.4 is 4.90 Å². The number of aryl methyl sites for hydroxylation is 2. The molecule has 0 N–H and O–H groups in total. The summed E-state index contributed by atoms with van der Waals surface area (Å²) in [6.07, 6.45) is 0. The lowest BCUT2D eigenvalue weighted by atomic mass is 10.3. The summed E-state index contributed by atoms with van der Waals surface area (Å²) in [5, 5.41) is 12.7. The van der Waals surface area contributed by atoms with Gasteiger partial charge in [0.2, 0.25) is 5.91 Å². The molecule has 0 bridgehead atoms. The van der Waals surface area contributed by atoms with Crippen LogP contribution in [0, 0.1) is 13.8 Å². The van der Waals surface area contributed by atoms with E-state index in [9.17, 15) is 4.79 Å². The lowest BCUT2D eigenvalue weighted by Crippen LogP contribution is -2.22. The van der Waals surface area contributed by atoms with Gasteiger partial charge in [-0.25, -0.2) is 9.97 Å². The molecule has 11 heteroatoms. The van der Waals surface area contributed by atoms with E-state index in [2.05, 4.69) is 20.2 Å². The van der Waals surface area contributed by atoms with Crippen LogP contribution in [0.1, 0.15) is 23.3 Å². The molecule has 7 nitrogen and oxygen atoms in total. The number of hydrogen-bond acceptors (Lipinski definition) is 9. The molecular weight excluding hydrogens is 462 g/mol.